The number of amides is 1. The quantitative estimate of drug-likeness (QED) is 0.867. The van der Waals surface area contributed by atoms with E-state index in [1.807, 2.05) is 18.2 Å². The summed E-state index contributed by atoms with van der Waals surface area (Å²) in [5.74, 6) is 1.18. The number of nitrogens with one attached hydrogen (secondary N) is 2. The first-order valence-electron chi connectivity index (χ1n) is 6.71. The van der Waals surface area contributed by atoms with Crippen molar-refractivity contribution >= 4 is 11.7 Å². The summed E-state index contributed by atoms with van der Waals surface area (Å²) >= 11 is 0. The van der Waals surface area contributed by atoms with Crippen molar-refractivity contribution in [1.29, 1.82) is 0 Å². The minimum atomic E-state index is -0.0359. The first-order valence-corrected chi connectivity index (χ1v) is 6.71. The lowest BCUT2D eigenvalue weighted by Gasteiger charge is -2.21. The van der Waals surface area contributed by atoms with Gasteiger partial charge in [0.05, 0.1) is 12.1 Å². The lowest BCUT2D eigenvalue weighted by atomic mass is 10.0. The Balaban J connectivity index is 2.15. The Hall–Kier alpha value is -1.84. The van der Waals surface area contributed by atoms with Gasteiger partial charge >= 0.3 is 0 Å². The van der Waals surface area contributed by atoms with Crippen LogP contribution in [-0.4, -0.2) is 24.3 Å². The third-order valence-corrected chi connectivity index (χ3v) is 3.28. The normalized spacial score (nSPS) is 19.8. The van der Waals surface area contributed by atoms with Crippen molar-refractivity contribution in [2.24, 2.45) is 10.9 Å². The van der Waals surface area contributed by atoms with Crippen LogP contribution in [0.25, 0.3) is 0 Å². The van der Waals surface area contributed by atoms with Crippen molar-refractivity contribution in [2.75, 3.05) is 6.54 Å². The zero-order chi connectivity index (χ0) is 13.8. The molecule has 0 spiro atoms. The lowest BCUT2D eigenvalue weighted by molar-refractivity contribution is -0.119. The van der Waals surface area contributed by atoms with Crippen LogP contribution in [0.3, 0.4) is 0 Å². The number of hydrogen-bond donors (Lipinski definition) is 2. The maximum atomic E-state index is 11.3. The van der Waals surface area contributed by atoms with Crippen LogP contribution >= 0.6 is 0 Å². The molecule has 2 rings (SSSR count). The molecule has 0 fully saturated rings. The zero-order valence-electron chi connectivity index (χ0n) is 11.7. The van der Waals surface area contributed by atoms with E-state index in [1.165, 1.54) is 5.56 Å². The summed E-state index contributed by atoms with van der Waals surface area (Å²) in [7, 11) is 0. The van der Waals surface area contributed by atoms with Gasteiger partial charge in [-0.15, -0.1) is 0 Å². The molecule has 2 atom stereocenters. The van der Waals surface area contributed by atoms with E-state index in [4.69, 9.17) is 4.99 Å². The van der Waals surface area contributed by atoms with Crippen LogP contribution in [0.2, 0.25) is 0 Å². The molecule has 0 bridgehead atoms. The fourth-order valence-corrected chi connectivity index (χ4v) is 2.29. The number of benzene rings is 1. The van der Waals surface area contributed by atoms with Gasteiger partial charge in [-0.3, -0.25) is 9.79 Å². The van der Waals surface area contributed by atoms with Gasteiger partial charge in [0, 0.05) is 13.5 Å². The molecule has 1 amide bonds. The van der Waals surface area contributed by atoms with Gasteiger partial charge in [0.1, 0.15) is 5.84 Å². The second-order valence-corrected chi connectivity index (χ2v) is 5.24. The lowest BCUT2D eigenvalue weighted by Crippen LogP contribution is -2.47. The Labute approximate surface area is 114 Å². The van der Waals surface area contributed by atoms with E-state index < -0.39 is 0 Å². The largest absolute Gasteiger partial charge is 0.370 e. The van der Waals surface area contributed by atoms with Crippen molar-refractivity contribution in [3.05, 3.63) is 35.9 Å². The highest BCUT2D eigenvalue weighted by Gasteiger charge is 2.27. The molecule has 0 aliphatic carbocycles. The van der Waals surface area contributed by atoms with Gasteiger partial charge in [-0.2, -0.15) is 0 Å². The van der Waals surface area contributed by atoms with Crippen LogP contribution in [0.4, 0.5) is 0 Å². The number of carbonyl (C=O) groups excluding carboxylic acids is 1. The SMILES string of the molecule is CC(=O)N[C@H](C1=NC(c2ccccc2)CN1)C(C)C. The highest BCUT2D eigenvalue weighted by Crippen LogP contribution is 2.21. The molecule has 0 aromatic heterocycles. The summed E-state index contributed by atoms with van der Waals surface area (Å²) in [5.41, 5.74) is 1.20. The van der Waals surface area contributed by atoms with Gasteiger partial charge in [-0.05, 0) is 11.5 Å². The minimum absolute atomic E-state index is 0.0219. The van der Waals surface area contributed by atoms with Crippen molar-refractivity contribution < 1.29 is 4.79 Å². The Kier molecular flexibility index (Phi) is 4.20. The van der Waals surface area contributed by atoms with E-state index in [0.717, 1.165) is 12.4 Å². The molecule has 4 heteroatoms. The third-order valence-electron chi connectivity index (χ3n) is 3.28. The number of amidine groups is 1. The summed E-state index contributed by atoms with van der Waals surface area (Å²) in [6.45, 7) is 6.50. The molecular weight excluding hydrogens is 238 g/mol. The maximum absolute atomic E-state index is 11.3. The van der Waals surface area contributed by atoms with E-state index in [9.17, 15) is 4.79 Å². The fourth-order valence-electron chi connectivity index (χ4n) is 2.29. The zero-order valence-corrected chi connectivity index (χ0v) is 11.7. The van der Waals surface area contributed by atoms with Gasteiger partial charge < -0.3 is 10.6 Å². The summed E-state index contributed by atoms with van der Waals surface area (Å²) in [6, 6.07) is 10.3. The average molecular weight is 259 g/mol. The van der Waals surface area contributed by atoms with E-state index in [1.54, 1.807) is 6.92 Å². The molecule has 19 heavy (non-hydrogen) atoms. The smallest absolute Gasteiger partial charge is 0.217 e. The molecule has 102 valence electrons. The summed E-state index contributed by atoms with van der Waals surface area (Å²) in [6.07, 6.45) is 0. The van der Waals surface area contributed by atoms with E-state index in [-0.39, 0.29) is 18.0 Å². The Bertz CT molecular complexity index is 468. The molecular formula is C15H21N3O. The Morgan fingerprint density at radius 2 is 2.05 bits per heavy atom. The molecule has 4 nitrogen and oxygen atoms in total. The molecule has 0 saturated heterocycles. The monoisotopic (exact) mass is 259 g/mol. The van der Waals surface area contributed by atoms with Crippen molar-refractivity contribution in [3.63, 3.8) is 0 Å². The summed E-state index contributed by atoms with van der Waals surface area (Å²) < 4.78 is 0. The molecule has 1 heterocycles. The molecule has 1 unspecified atom stereocenters. The topological polar surface area (TPSA) is 53.5 Å². The molecule has 1 aromatic rings. The van der Waals surface area contributed by atoms with Crippen molar-refractivity contribution in [2.45, 2.75) is 32.9 Å². The number of carbonyl (C=O) groups is 1. The first kappa shape index (κ1) is 13.6. The van der Waals surface area contributed by atoms with Gasteiger partial charge in [0.25, 0.3) is 0 Å². The minimum Gasteiger partial charge on any atom is -0.370 e. The Morgan fingerprint density at radius 1 is 1.37 bits per heavy atom. The average Bonchev–Trinajstić information content (AvgIpc) is 2.86. The summed E-state index contributed by atoms with van der Waals surface area (Å²) in [4.78, 5) is 16.0. The molecule has 2 N–H and O–H groups in total. The second kappa shape index (κ2) is 5.87. The summed E-state index contributed by atoms with van der Waals surface area (Å²) in [5, 5.41) is 6.29. The van der Waals surface area contributed by atoms with Gasteiger partial charge in [0.15, 0.2) is 0 Å². The van der Waals surface area contributed by atoms with Gasteiger partial charge in [-0.25, -0.2) is 0 Å². The highest BCUT2D eigenvalue weighted by atomic mass is 16.1. The highest BCUT2D eigenvalue weighted by molar-refractivity contribution is 5.92. The second-order valence-electron chi connectivity index (χ2n) is 5.24. The number of hydrogen-bond acceptors (Lipinski definition) is 3. The van der Waals surface area contributed by atoms with Crippen LogP contribution in [0, 0.1) is 5.92 Å². The standard InChI is InChI=1S/C15H21N3O/c1-10(2)14(17-11(3)19)15-16-9-13(18-15)12-7-5-4-6-8-12/h4-8,10,13-14H,9H2,1-3H3,(H,16,18)(H,17,19)/t13?,14-/m0/s1. The maximum Gasteiger partial charge on any atom is 0.217 e. The van der Waals surface area contributed by atoms with Crippen molar-refractivity contribution in [1.82, 2.24) is 10.6 Å². The van der Waals surface area contributed by atoms with E-state index in [2.05, 4.69) is 36.6 Å². The molecule has 0 radical (unpaired) electrons. The third kappa shape index (κ3) is 3.34. The first-order chi connectivity index (χ1) is 9.08. The molecule has 1 aliphatic heterocycles. The number of aliphatic imine (C=N–C) groups is 1. The fraction of sp³-hybridized carbons (Fsp3) is 0.467. The number of rotatable bonds is 4. The predicted molar refractivity (Wildman–Crippen MR) is 77.1 cm³/mol. The van der Waals surface area contributed by atoms with Crippen LogP contribution in [0.15, 0.2) is 35.3 Å². The van der Waals surface area contributed by atoms with E-state index >= 15 is 0 Å². The number of nitrogens with zero attached hydrogens (tertiary/aromatic N) is 1. The molecule has 1 aliphatic rings. The predicted octanol–water partition coefficient (Wildman–Crippen LogP) is 1.89. The van der Waals surface area contributed by atoms with E-state index in [0.29, 0.717) is 5.92 Å². The van der Waals surface area contributed by atoms with Crippen molar-refractivity contribution in [3.8, 4) is 0 Å². The Morgan fingerprint density at radius 3 is 2.63 bits per heavy atom. The van der Waals surface area contributed by atoms with Gasteiger partial charge in [-0.1, -0.05) is 44.2 Å². The van der Waals surface area contributed by atoms with Crippen LogP contribution in [0.5, 0.6) is 0 Å². The van der Waals surface area contributed by atoms with Crippen LogP contribution in [0.1, 0.15) is 32.4 Å². The van der Waals surface area contributed by atoms with Gasteiger partial charge in [0.2, 0.25) is 5.91 Å². The molecule has 1 aromatic carbocycles. The molecule has 0 saturated carbocycles. The van der Waals surface area contributed by atoms with Crippen LogP contribution in [-0.2, 0) is 4.79 Å². The van der Waals surface area contributed by atoms with Crippen LogP contribution < -0.4 is 10.6 Å².